The zero-order chi connectivity index (χ0) is 17.5. The minimum absolute atomic E-state index is 0.0874. The molecule has 3 rings (SSSR count). The monoisotopic (exact) mass is 340 g/mol. The van der Waals surface area contributed by atoms with Crippen LogP contribution in [0.15, 0.2) is 54.6 Å². The van der Waals surface area contributed by atoms with E-state index in [9.17, 15) is 4.39 Å². The van der Waals surface area contributed by atoms with Gasteiger partial charge in [-0.1, -0.05) is 48.5 Å². The van der Waals surface area contributed by atoms with Gasteiger partial charge in [0.1, 0.15) is 5.82 Å². The first-order valence-corrected chi connectivity index (χ1v) is 9.39. The van der Waals surface area contributed by atoms with Gasteiger partial charge in [0, 0.05) is 25.2 Å². The summed E-state index contributed by atoms with van der Waals surface area (Å²) in [6, 6.07) is 17.8. The highest BCUT2D eigenvalue weighted by atomic mass is 19.1. The normalized spacial score (nSPS) is 16.4. The zero-order valence-electron chi connectivity index (χ0n) is 15.2. The zero-order valence-corrected chi connectivity index (χ0v) is 15.2. The van der Waals surface area contributed by atoms with Crippen LogP contribution in [0.4, 0.5) is 4.39 Å². The molecular weight excluding hydrogens is 311 g/mol. The van der Waals surface area contributed by atoms with Crippen molar-refractivity contribution in [2.75, 3.05) is 33.2 Å². The Hall–Kier alpha value is -1.71. The molecule has 1 heterocycles. The number of benzene rings is 2. The van der Waals surface area contributed by atoms with Gasteiger partial charge in [-0.25, -0.2) is 4.39 Å². The molecule has 2 aromatic carbocycles. The predicted octanol–water partition coefficient (Wildman–Crippen LogP) is 4.21. The molecule has 0 aliphatic carbocycles. The Kier molecular flexibility index (Phi) is 6.60. The molecule has 0 N–H and O–H groups in total. The molecule has 0 aromatic heterocycles. The summed E-state index contributed by atoms with van der Waals surface area (Å²) in [6.07, 6.45) is 3.51. The van der Waals surface area contributed by atoms with E-state index in [0.29, 0.717) is 6.54 Å². The molecule has 1 aliphatic heterocycles. The maximum Gasteiger partial charge on any atom is 0.127 e. The van der Waals surface area contributed by atoms with Crippen molar-refractivity contribution in [3.05, 3.63) is 71.5 Å². The van der Waals surface area contributed by atoms with E-state index in [1.807, 2.05) is 12.1 Å². The molecule has 0 amide bonds. The van der Waals surface area contributed by atoms with E-state index in [1.165, 1.54) is 31.5 Å². The topological polar surface area (TPSA) is 6.48 Å². The van der Waals surface area contributed by atoms with Gasteiger partial charge < -0.3 is 4.90 Å². The lowest BCUT2D eigenvalue weighted by molar-refractivity contribution is 0.156. The van der Waals surface area contributed by atoms with Crippen LogP contribution in [-0.2, 0) is 13.0 Å². The van der Waals surface area contributed by atoms with Crippen LogP contribution in [-0.4, -0.2) is 43.0 Å². The highest BCUT2D eigenvalue weighted by molar-refractivity contribution is 5.18. The fourth-order valence-electron chi connectivity index (χ4n) is 3.64. The van der Waals surface area contributed by atoms with Crippen molar-refractivity contribution in [1.29, 1.82) is 0 Å². The molecule has 0 bridgehead atoms. The second-order valence-corrected chi connectivity index (χ2v) is 7.31. The quantitative estimate of drug-likeness (QED) is 0.745. The van der Waals surface area contributed by atoms with Crippen molar-refractivity contribution >= 4 is 0 Å². The van der Waals surface area contributed by atoms with Crippen LogP contribution in [0.25, 0.3) is 0 Å². The van der Waals surface area contributed by atoms with Gasteiger partial charge in [0.2, 0.25) is 0 Å². The number of likely N-dealkylation sites (tertiary alicyclic amines) is 1. The average Bonchev–Trinajstić information content (AvgIpc) is 2.64. The second-order valence-electron chi connectivity index (χ2n) is 7.31. The van der Waals surface area contributed by atoms with Gasteiger partial charge >= 0.3 is 0 Å². The van der Waals surface area contributed by atoms with Crippen LogP contribution in [0.5, 0.6) is 0 Å². The highest BCUT2D eigenvalue weighted by Crippen LogP contribution is 2.19. The third kappa shape index (κ3) is 5.65. The molecule has 2 nitrogen and oxygen atoms in total. The van der Waals surface area contributed by atoms with Crippen LogP contribution in [0.2, 0.25) is 0 Å². The molecule has 1 aliphatic rings. The van der Waals surface area contributed by atoms with E-state index in [4.69, 9.17) is 0 Å². The molecule has 0 radical (unpaired) electrons. The molecule has 2 aromatic rings. The molecule has 1 saturated heterocycles. The van der Waals surface area contributed by atoms with Gasteiger partial charge in [0.05, 0.1) is 0 Å². The van der Waals surface area contributed by atoms with Crippen molar-refractivity contribution in [3.8, 4) is 0 Å². The van der Waals surface area contributed by atoms with Crippen LogP contribution in [0.3, 0.4) is 0 Å². The first kappa shape index (κ1) is 18.1. The number of hydrogen-bond acceptors (Lipinski definition) is 2. The molecule has 25 heavy (non-hydrogen) atoms. The van der Waals surface area contributed by atoms with Gasteiger partial charge in [0.25, 0.3) is 0 Å². The van der Waals surface area contributed by atoms with Crippen LogP contribution in [0, 0.1) is 11.7 Å². The number of hydrogen-bond donors (Lipinski definition) is 0. The highest BCUT2D eigenvalue weighted by Gasteiger charge is 2.20. The predicted molar refractivity (Wildman–Crippen MR) is 102 cm³/mol. The van der Waals surface area contributed by atoms with E-state index in [0.717, 1.165) is 31.0 Å². The summed E-state index contributed by atoms with van der Waals surface area (Å²) in [5.41, 5.74) is 2.16. The maximum absolute atomic E-state index is 14.1. The van der Waals surface area contributed by atoms with Gasteiger partial charge in [-0.3, -0.25) is 4.90 Å². The Morgan fingerprint density at radius 3 is 2.40 bits per heavy atom. The summed E-state index contributed by atoms with van der Waals surface area (Å²) in [7, 11) is 2.20. The lowest BCUT2D eigenvalue weighted by Crippen LogP contribution is -2.37. The van der Waals surface area contributed by atoms with Crippen LogP contribution < -0.4 is 0 Å². The first-order valence-electron chi connectivity index (χ1n) is 9.39. The van der Waals surface area contributed by atoms with E-state index in [1.54, 1.807) is 12.1 Å². The van der Waals surface area contributed by atoms with E-state index in [2.05, 4.69) is 47.2 Å². The first-order chi connectivity index (χ1) is 12.2. The average molecular weight is 340 g/mol. The standard InChI is InChI=1S/C22H29FN2/c1-24-14-11-20(12-15-24)17-25(16-13-19-7-3-2-4-8-19)18-21-9-5-6-10-22(21)23/h2-10,20H,11-18H2,1H3. The molecular formula is C22H29FN2. The van der Waals surface area contributed by atoms with Gasteiger partial charge in [0.15, 0.2) is 0 Å². The maximum atomic E-state index is 14.1. The SMILES string of the molecule is CN1CCC(CN(CCc2ccccc2)Cc2ccccc2F)CC1. The smallest absolute Gasteiger partial charge is 0.127 e. The van der Waals surface area contributed by atoms with Crippen molar-refractivity contribution in [2.45, 2.75) is 25.8 Å². The Balaban J connectivity index is 1.63. The number of piperidine rings is 1. The molecule has 0 saturated carbocycles. The summed E-state index contributed by atoms with van der Waals surface area (Å²) in [6.45, 7) is 5.10. The molecule has 0 atom stereocenters. The molecule has 0 spiro atoms. The summed E-state index contributed by atoms with van der Waals surface area (Å²) in [5.74, 6) is 0.634. The molecule has 3 heteroatoms. The fourth-order valence-corrected chi connectivity index (χ4v) is 3.64. The summed E-state index contributed by atoms with van der Waals surface area (Å²) >= 11 is 0. The summed E-state index contributed by atoms with van der Waals surface area (Å²) in [5, 5.41) is 0. The van der Waals surface area contributed by atoms with Gasteiger partial charge in [-0.05, 0) is 56.9 Å². The third-order valence-electron chi connectivity index (χ3n) is 5.27. The van der Waals surface area contributed by atoms with Gasteiger partial charge in [-0.15, -0.1) is 0 Å². The van der Waals surface area contributed by atoms with E-state index in [-0.39, 0.29) is 5.82 Å². The summed E-state index contributed by atoms with van der Waals surface area (Å²) in [4.78, 5) is 4.85. The minimum atomic E-state index is -0.0874. The largest absolute Gasteiger partial charge is 0.306 e. The summed E-state index contributed by atoms with van der Waals surface area (Å²) < 4.78 is 14.1. The van der Waals surface area contributed by atoms with Crippen molar-refractivity contribution in [2.24, 2.45) is 5.92 Å². The van der Waals surface area contributed by atoms with E-state index >= 15 is 0 Å². The van der Waals surface area contributed by atoms with Crippen molar-refractivity contribution < 1.29 is 4.39 Å². The minimum Gasteiger partial charge on any atom is -0.306 e. The third-order valence-corrected chi connectivity index (χ3v) is 5.27. The lowest BCUT2D eigenvalue weighted by Gasteiger charge is -2.33. The van der Waals surface area contributed by atoms with E-state index < -0.39 is 0 Å². The number of halogens is 1. The molecule has 134 valence electrons. The Morgan fingerprint density at radius 2 is 1.68 bits per heavy atom. The van der Waals surface area contributed by atoms with Crippen molar-refractivity contribution in [3.63, 3.8) is 0 Å². The van der Waals surface area contributed by atoms with Gasteiger partial charge in [-0.2, -0.15) is 0 Å². The number of rotatable bonds is 7. The molecule has 0 unspecified atom stereocenters. The van der Waals surface area contributed by atoms with Crippen molar-refractivity contribution in [1.82, 2.24) is 9.80 Å². The van der Waals surface area contributed by atoms with Crippen LogP contribution >= 0.6 is 0 Å². The number of nitrogens with zero attached hydrogens (tertiary/aromatic N) is 2. The van der Waals surface area contributed by atoms with Crippen LogP contribution in [0.1, 0.15) is 24.0 Å². The fraction of sp³-hybridized carbons (Fsp3) is 0.455. The Morgan fingerprint density at radius 1 is 1.00 bits per heavy atom. The molecule has 1 fully saturated rings. The second kappa shape index (κ2) is 9.12. The Bertz CT molecular complexity index is 635. The lowest BCUT2D eigenvalue weighted by atomic mass is 9.96. The Labute approximate surface area is 151 Å².